The van der Waals surface area contributed by atoms with Crippen LogP contribution in [-0.2, 0) is 14.3 Å². The summed E-state index contributed by atoms with van der Waals surface area (Å²) >= 11 is 0. The van der Waals surface area contributed by atoms with Crippen molar-refractivity contribution in [3.63, 3.8) is 0 Å². The molecule has 1 saturated carbocycles. The number of hydrogen-bond acceptors (Lipinski definition) is 4. The summed E-state index contributed by atoms with van der Waals surface area (Å²) in [6, 6.07) is -0.00499. The Morgan fingerprint density at radius 1 is 1.30 bits per heavy atom. The van der Waals surface area contributed by atoms with Crippen molar-refractivity contribution in [2.24, 2.45) is 5.41 Å². The molecule has 0 aromatic carbocycles. The number of esters is 1. The maximum Gasteiger partial charge on any atom is 0.322 e. The average Bonchev–Trinajstić information content (AvgIpc) is 2.38. The zero-order valence-electron chi connectivity index (χ0n) is 13.7. The van der Waals surface area contributed by atoms with E-state index < -0.39 is 0 Å². The highest BCUT2D eigenvalue weighted by Crippen LogP contribution is 2.36. The van der Waals surface area contributed by atoms with Crippen molar-refractivity contribution in [1.29, 1.82) is 0 Å². The van der Waals surface area contributed by atoms with Gasteiger partial charge >= 0.3 is 5.97 Å². The van der Waals surface area contributed by atoms with E-state index in [1.165, 1.54) is 20.0 Å². The number of methoxy groups -OCH3 is 1. The Morgan fingerprint density at radius 3 is 2.40 bits per heavy atom. The van der Waals surface area contributed by atoms with Crippen LogP contribution in [0.1, 0.15) is 59.8 Å². The summed E-state index contributed by atoms with van der Waals surface area (Å²) in [5, 5.41) is 3.23. The molecule has 0 aliphatic heterocycles. The van der Waals surface area contributed by atoms with Crippen LogP contribution in [0.15, 0.2) is 0 Å². The molecule has 0 heterocycles. The number of rotatable bonds is 7. The summed E-state index contributed by atoms with van der Waals surface area (Å²) in [7, 11) is 1.43. The summed E-state index contributed by atoms with van der Waals surface area (Å²) in [6.07, 6.45) is 5.75. The fourth-order valence-corrected chi connectivity index (χ4v) is 2.71. The van der Waals surface area contributed by atoms with Gasteiger partial charge in [-0.2, -0.15) is 0 Å². The third-order valence-electron chi connectivity index (χ3n) is 4.07. The standard InChI is InChI=1S/C16H31NO3/c1-12(2)17-14(15(18)19-5)8-11-20-13-6-9-16(3,4)10-7-13/h12-14,17H,6-11H2,1-5H3. The molecule has 4 heteroatoms. The molecule has 0 radical (unpaired) electrons. The Balaban J connectivity index is 2.28. The number of carbonyl (C=O) groups excluding carboxylic acids is 1. The minimum absolute atomic E-state index is 0.202. The van der Waals surface area contributed by atoms with E-state index in [1.54, 1.807) is 0 Å². The number of carbonyl (C=O) groups is 1. The summed E-state index contributed by atoms with van der Waals surface area (Å²) < 4.78 is 10.8. The molecule has 1 rings (SSSR count). The highest BCUT2D eigenvalue weighted by molar-refractivity contribution is 5.75. The lowest BCUT2D eigenvalue weighted by molar-refractivity contribution is -0.144. The minimum Gasteiger partial charge on any atom is -0.468 e. The van der Waals surface area contributed by atoms with Crippen LogP contribution >= 0.6 is 0 Å². The van der Waals surface area contributed by atoms with Gasteiger partial charge in [-0.15, -0.1) is 0 Å². The smallest absolute Gasteiger partial charge is 0.322 e. The first-order valence-electron chi connectivity index (χ1n) is 7.79. The Kier molecular flexibility index (Phi) is 6.96. The van der Waals surface area contributed by atoms with Gasteiger partial charge in [-0.05, 0) is 37.5 Å². The molecule has 1 fully saturated rings. The predicted octanol–water partition coefficient (Wildman–Crippen LogP) is 2.90. The summed E-state index contributed by atoms with van der Waals surface area (Å²) in [5.41, 5.74) is 0.466. The van der Waals surface area contributed by atoms with Gasteiger partial charge in [0.15, 0.2) is 0 Å². The van der Waals surface area contributed by atoms with E-state index in [9.17, 15) is 4.79 Å². The van der Waals surface area contributed by atoms with Crippen LogP contribution in [-0.4, -0.2) is 37.9 Å². The van der Waals surface area contributed by atoms with Gasteiger partial charge in [0.25, 0.3) is 0 Å². The molecule has 1 aliphatic carbocycles. The lowest BCUT2D eigenvalue weighted by atomic mass is 9.76. The monoisotopic (exact) mass is 285 g/mol. The first-order valence-corrected chi connectivity index (χ1v) is 7.79. The maximum absolute atomic E-state index is 11.7. The van der Waals surface area contributed by atoms with Crippen molar-refractivity contribution in [3.05, 3.63) is 0 Å². The van der Waals surface area contributed by atoms with Crippen molar-refractivity contribution >= 4 is 5.97 Å². The zero-order chi connectivity index (χ0) is 15.2. The van der Waals surface area contributed by atoms with Crippen LogP contribution in [0.25, 0.3) is 0 Å². The molecule has 1 unspecified atom stereocenters. The van der Waals surface area contributed by atoms with Crippen LogP contribution in [0, 0.1) is 5.41 Å². The van der Waals surface area contributed by atoms with E-state index in [0.29, 0.717) is 24.5 Å². The van der Waals surface area contributed by atoms with Crippen molar-refractivity contribution in [2.75, 3.05) is 13.7 Å². The highest BCUT2D eigenvalue weighted by atomic mass is 16.5. The molecule has 20 heavy (non-hydrogen) atoms. The van der Waals surface area contributed by atoms with Crippen LogP contribution < -0.4 is 5.32 Å². The van der Waals surface area contributed by atoms with Crippen LogP contribution in [0.3, 0.4) is 0 Å². The molecule has 4 nitrogen and oxygen atoms in total. The number of nitrogens with one attached hydrogen (secondary N) is 1. The first kappa shape index (κ1) is 17.4. The Bertz CT molecular complexity index is 292. The van der Waals surface area contributed by atoms with E-state index >= 15 is 0 Å². The van der Waals surface area contributed by atoms with Gasteiger partial charge in [0.1, 0.15) is 6.04 Å². The van der Waals surface area contributed by atoms with E-state index in [4.69, 9.17) is 9.47 Å². The fourth-order valence-electron chi connectivity index (χ4n) is 2.71. The molecule has 0 aromatic heterocycles. The molecule has 1 N–H and O–H groups in total. The van der Waals surface area contributed by atoms with Crippen molar-refractivity contribution < 1.29 is 14.3 Å². The van der Waals surface area contributed by atoms with Gasteiger partial charge in [-0.1, -0.05) is 27.7 Å². The van der Waals surface area contributed by atoms with E-state index in [2.05, 4.69) is 19.2 Å². The molecule has 0 bridgehead atoms. The van der Waals surface area contributed by atoms with E-state index in [-0.39, 0.29) is 18.1 Å². The van der Waals surface area contributed by atoms with Gasteiger partial charge in [-0.25, -0.2) is 0 Å². The van der Waals surface area contributed by atoms with Gasteiger partial charge in [-0.3, -0.25) is 4.79 Å². The number of hydrogen-bond donors (Lipinski definition) is 1. The second-order valence-corrected chi connectivity index (χ2v) is 6.92. The molecule has 0 spiro atoms. The van der Waals surface area contributed by atoms with Crippen molar-refractivity contribution in [1.82, 2.24) is 5.32 Å². The van der Waals surface area contributed by atoms with Gasteiger partial charge in [0.05, 0.1) is 13.2 Å². The summed E-state index contributed by atoms with van der Waals surface area (Å²) in [5.74, 6) is -0.202. The minimum atomic E-state index is -0.264. The Labute approximate surface area is 123 Å². The molecule has 0 aromatic rings. The third kappa shape index (κ3) is 6.23. The SMILES string of the molecule is COC(=O)C(CCOC1CCC(C)(C)CC1)NC(C)C. The predicted molar refractivity (Wildman–Crippen MR) is 80.7 cm³/mol. The molecular formula is C16H31NO3. The van der Waals surface area contributed by atoms with Crippen LogP contribution in [0.4, 0.5) is 0 Å². The third-order valence-corrected chi connectivity index (χ3v) is 4.07. The Morgan fingerprint density at radius 2 is 1.90 bits per heavy atom. The topological polar surface area (TPSA) is 47.6 Å². The fraction of sp³-hybridized carbons (Fsp3) is 0.938. The first-order chi connectivity index (χ1) is 9.34. The Hall–Kier alpha value is -0.610. The molecule has 118 valence electrons. The normalized spacial score (nSPS) is 20.9. The summed E-state index contributed by atoms with van der Waals surface area (Å²) in [4.78, 5) is 11.7. The van der Waals surface area contributed by atoms with Crippen LogP contribution in [0.5, 0.6) is 0 Å². The molecular weight excluding hydrogens is 254 g/mol. The quantitative estimate of drug-likeness (QED) is 0.731. The van der Waals surface area contributed by atoms with Gasteiger partial charge in [0.2, 0.25) is 0 Å². The zero-order valence-corrected chi connectivity index (χ0v) is 13.7. The lowest BCUT2D eigenvalue weighted by Crippen LogP contribution is -2.42. The van der Waals surface area contributed by atoms with Crippen molar-refractivity contribution in [2.45, 2.75) is 78.0 Å². The van der Waals surface area contributed by atoms with Gasteiger partial charge < -0.3 is 14.8 Å². The molecule has 1 aliphatic rings. The molecule has 0 amide bonds. The van der Waals surface area contributed by atoms with Gasteiger partial charge in [0, 0.05) is 12.6 Å². The summed E-state index contributed by atoms with van der Waals surface area (Å²) in [6.45, 7) is 9.32. The van der Waals surface area contributed by atoms with Crippen molar-refractivity contribution in [3.8, 4) is 0 Å². The van der Waals surface area contributed by atoms with Crippen LogP contribution in [0.2, 0.25) is 0 Å². The highest BCUT2D eigenvalue weighted by Gasteiger charge is 2.27. The largest absolute Gasteiger partial charge is 0.468 e. The van der Waals surface area contributed by atoms with E-state index in [0.717, 1.165) is 12.8 Å². The molecule has 1 atom stereocenters. The molecule has 0 saturated heterocycles. The second kappa shape index (κ2) is 7.99. The maximum atomic E-state index is 11.7. The lowest BCUT2D eigenvalue weighted by Gasteiger charge is -2.34. The average molecular weight is 285 g/mol. The van der Waals surface area contributed by atoms with E-state index in [1.807, 2.05) is 13.8 Å². The second-order valence-electron chi connectivity index (χ2n) is 6.92. The number of ether oxygens (including phenoxy) is 2.